The van der Waals surface area contributed by atoms with Crippen LogP contribution < -0.4 is 0 Å². The normalized spacial score (nSPS) is 19.9. The quantitative estimate of drug-likeness (QED) is 0.454. The Morgan fingerprint density at radius 3 is 1.50 bits per heavy atom. The van der Waals surface area contributed by atoms with Crippen LogP contribution in [0.5, 0.6) is 0 Å². The summed E-state index contributed by atoms with van der Waals surface area (Å²) >= 11 is 0. The number of hydrogen-bond donors (Lipinski definition) is 0. The van der Waals surface area contributed by atoms with E-state index >= 15 is 0 Å². The fourth-order valence-electron chi connectivity index (χ4n) is 0.949. The first-order valence-electron chi connectivity index (χ1n) is 3.11. The minimum atomic E-state index is 0. The Hall–Kier alpha value is 0. The zero-order valence-corrected chi connectivity index (χ0v) is 5.49. The molecule has 0 spiro atoms. The smallest absolute Gasteiger partial charge is 0.0354 e. The van der Waals surface area contributed by atoms with Gasteiger partial charge >= 0.3 is 0 Å². The Morgan fingerprint density at radius 2 is 1.50 bits per heavy atom. The molecule has 0 radical (unpaired) electrons. The molecule has 50 valence electrons. The topological polar surface area (TPSA) is 0 Å². The van der Waals surface area contributed by atoms with Crippen molar-refractivity contribution in [3.8, 4) is 0 Å². The van der Waals surface area contributed by atoms with Crippen LogP contribution in [0.2, 0.25) is 0 Å². The van der Waals surface area contributed by atoms with Crippen molar-refractivity contribution in [3.63, 3.8) is 0 Å². The van der Waals surface area contributed by atoms with Crippen molar-refractivity contribution in [3.05, 3.63) is 0 Å². The number of rotatable bonds is 0. The van der Waals surface area contributed by atoms with E-state index in [0.717, 1.165) is 5.92 Å². The van der Waals surface area contributed by atoms with E-state index in [0.29, 0.717) is 5.41 Å². The van der Waals surface area contributed by atoms with Gasteiger partial charge in [-0.3, -0.25) is 0 Å². The SMILES string of the molecule is C.CC(C)(C)C1CC1. The molecule has 0 nitrogen and oxygen atoms in total. The van der Waals surface area contributed by atoms with Crippen molar-refractivity contribution in [1.29, 1.82) is 0 Å². The highest BCUT2D eigenvalue weighted by atomic mass is 14.4. The molecule has 0 heterocycles. The predicted octanol–water partition coefficient (Wildman–Crippen LogP) is 3.08. The Balaban J connectivity index is 0.000000490. The molecule has 1 rings (SSSR count). The Morgan fingerprint density at radius 1 is 1.12 bits per heavy atom. The third-order valence-corrected chi connectivity index (χ3v) is 1.80. The molecule has 0 aromatic heterocycles. The second-order valence-electron chi connectivity index (χ2n) is 3.64. The molecule has 8 heavy (non-hydrogen) atoms. The van der Waals surface area contributed by atoms with Gasteiger partial charge in [0.25, 0.3) is 0 Å². The summed E-state index contributed by atoms with van der Waals surface area (Å²) in [7, 11) is 0. The van der Waals surface area contributed by atoms with Crippen molar-refractivity contribution >= 4 is 0 Å². The first-order chi connectivity index (χ1) is 3.11. The third kappa shape index (κ3) is 1.85. The second-order valence-corrected chi connectivity index (χ2v) is 3.64. The maximum absolute atomic E-state index is 2.32. The molecule has 1 fully saturated rings. The van der Waals surface area contributed by atoms with Gasteiger partial charge in [0, 0.05) is 0 Å². The maximum atomic E-state index is 2.32. The van der Waals surface area contributed by atoms with Crippen LogP contribution in [0.25, 0.3) is 0 Å². The van der Waals surface area contributed by atoms with Crippen molar-refractivity contribution in [2.45, 2.75) is 41.0 Å². The molecule has 0 aliphatic heterocycles. The van der Waals surface area contributed by atoms with Gasteiger partial charge in [0.05, 0.1) is 0 Å². The average molecular weight is 114 g/mol. The summed E-state index contributed by atoms with van der Waals surface area (Å²) in [6.45, 7) is 6.97. The molecule has 0 unspecified atom stereocenters. The van der Waals surface area contributed by atoms with E-state index < -0.39 is 0 Å². The zero-order valence-electron chi connectivity index (χ0n) is 5.49. The Kier molecular flexibility index (Phi) is 2.08. The average Bonchev–Trinajstić information content (AvgIpc) is 1.99. The van der Waals surface area contributed by atoms with E-state index in [1.54, 1.807) is 0 Å². The fraction of sp³-hybridized carbons (Fsp3) is 1.00. The van der Waals surface area contributed by atoms with Gasteiger partial charge in [0.1, 0.15) is 0 Å². The highest BCUT2D eigenvalue weighted by Gasteiger charge is 2.33. The lowest BCUT2D eigenvalue weighted by molar-refractivity contribution is 0.351. The van der Waals surface area contributed by atoms with E-state index in [1.807, 2.05) is 0 Å². The van der Waals surface area contributed by atoms with Crippen LogP contribution in [0.1, 0.15) is 41.0 Å². The van der Waals surface area contributed by atoms with Gasteiger partial charge < -0.3 is 0 Å². The molecule has 0 aromatic carbocycles. The minimum absolute atomic E-state index is 0. The Bertz CT molecular complexity index is 62.6. The highest BCUT2D eigenvalue weighted by molar-refractivity contribution is 4.84. The van der Waals surface area contributed by atoms with Crippen LogP contribution in [-0.4, -0.2) is 0 Å². The summed E-state index contributed by atoms with van der Waals surface area (Å²) in [6, 6.07) is 0. The Labute approximate surface area is 53.3 Å². The summed E-state index contributed by atoms with van der Waals surface area (Å²) in [5, 5.41) is 0. The van der Waals surface area contributed by atoms with Crippen molar-refractivity contribution in [2.24, 2.45) is 11.3 Å². The summed E-state index contributed by atoms with van der Waals surface area (Å²) in [5.41, 5.74) is 0.611. The molecular formula is C8H18. The van der Waals surface area contributed by atoms with Crippen LogP contribution in [0.4, 0.5) is 0 Å². The van der Waals surface area contributed by atoms with E-state index in [2.05, 4.69) is 20.8 Å². The van der Waals surface area contributed by atoms with Crippen molar-refractivity contribution in [1.82, 2.24) is 0 Å². The van der Waals surface area contributed by atoms with Gasteiger partial charge in [-0.25, -0.2) is 0 Å². The molecule has 0 aromatic rings. The van der Waals surface area contributed by atoms with Gasteiger partial charge in [-0.1, -0.05) is 28.2 Å². The molecule has 1 saturated carbocycles. The van der Waals surface area contributed by atoms with Gasteiger partial charge in [-0.15, -0.1) is 0 Å². The second kappa shape index (κ2) is 2.08. The van der Waals surface area contributed by atoms with Crippen LogP contribution >= 0.6 is 0 Å². The van der Waals surface area contributed by atoms with Crippen LogP contribution in [0, 0.1) is 11.3 Å². The van der Waals surface area contributed by atoms with Crippen LogP contribution in [0.15, 0.2) is 0 Å². The molecule has 0 heteroatoms. The van der Waals surface area contributed by atoms with Crippen molar-refractivity contribution < 1.29 is 0 Å². The third-order valence-electron chi connectivity index (χ3n) is 1.80. The van der Waals surface area contributed by atoms with Gasteiger partial charge in [-0.05, 0) is 24.2 Å². The van der Waals surface area contributed by atoms with Crippen LogP contribution in [0.3, 0.4) is 0 Å². The summed E-state index contributed by atoms with van der Waals surface area (Å²) in [5.74, 6) is 1.05. The molecule has 0 saturated heterocycles. The lowest BCUT2D eigenvalue weighted by atomic mass is 9.91. The van der Waals surface area contributed by atoms with Gasteiger partial charge in [0.2, 0.25) is 0 Å². The molecule has 0 bridgehead atoms. The van der Waals surface area contributed by atoms with Gasteiger partial charge in [-0.2, -0.15) is 0 Å². The van der Waals surface area contributed by atoms with Gasteiger partial charge in [0.15, 0.2) is 0 Å². The molecule has 1 aliphatic rings. The summed E-state index contributed by atoms with van der Waals surface area (Å²) in [4.78, 5) is 0. The zero-order chi connectivity index (χ0) is 5.49. The van der Waals surface area contributed by atoms with E-state index in [-0.39, 0.29) is 7.43 Å². The first kappa shape index (κ1) is 8.00. The standard InChI is InChI=1S/C7H14.CH4/c1-7(2,3)6-4-5-6;/h6H,4-5H2,1-3H3;1H4. The first-order valence-corrected chi connectivity index (χ1v) is 3.11. The minimum Gasteiger partial charge on any atom is -0.0776 e. The van der Waals surface area contributed by atoms with E-state index in [4.69, 9.17) is 0 Å². The molecular weight excluding hydrogens is 96.1 g/mol. The van der Waals surface area contributed by atoms with E-state index in [9.17, 15) is 0 Å². The predicted molar refractivity (Wildman–Crippen MR) is 38.9 cm³/mol. The summed E-state index contributed by atoms with van der Waals surface area (Å²) in [6.07, 6.45) is 2.95. The summed E-state index contributed by atoms with van der Waals surface area (Å²) < 4.78 is 0. The highest BCUT2D eigenvalue weighted by Crippen LogP contribution is 2.44. The van der Waals surface area contributed by atoms with Crippen molar-refractivity contribution in [2.75, 3.05) is 0 Å². The largest absolute Gasteiger partial charge is 0.0776 e. The molecule has 0 amide bonds. The fourth-order valence-corrected chi connectivity index (χ4v) is 0.949. The number of hydrogen-bond acceptors (Lipinski definition) is 0. The van der Waals surface area contributed by atoms with E-state index in [1.165, 1.54) is 12.8 Å². The lowest BCUT2D eigenvalue weighted by Gasteiger charge is -2.15. The molecule has 1 aliphatic carbocycles. The molecule has 0 N–H and O–H groups in total. The molecule has 0 atom stereocenters. The van der Waals surface area contributed by atoms with Crippen LogP contribution in [-0.2, 0) is 0 Å². The monoisotopic (exact) mass is 114 g/mol. The lowest BCUT2D eigenvalue weighted by Crippen LogP contribution is -2.06. The maximum Gasteiger partial charge on any atom is -0.0354 e.